The zero-order valence-corrected chi connectivity index (χ0v) is 9.64. The summed E-state index contributed by atoms with van der Waals surface area (Å²) in [6, 6.07) is 2.54. The number of aryl methyl sites for hydroxylation is 1. The van der Waals surface area contributed by atoms with Crippen molar-refractivity contribution in [3.63, 3.8) is 0 Å². The molecule has 1 saturated heterocycles. The van der Waals surface area contributed by atoms with Crippen LogP contribution in [0.1, 0.15) is 25.1 Å². The van der Waals surface area contributed by atoms with Crippen molar-refractivity contribution in [3.8, 4) is 0 Å². The van der Waals surface area contributed by atoms with Gasteiger partial charge in [-0.05, 0) is 26.0 Å². The first-order chi connectivity index (χ1) is 7.77. The topological polar surface area (TPSA) is 42.7 Å². The lowest BCUT2D eigenvalue weighted by Crippen LogP contribution is -2.23. The van der Waals surface area contributed by atoms with Crippen LogP contribution in [-0.4, -0.2) is 27.1 Å². The molecule has 1 aliphatic heterocycles. The molecule has 3 heterocycles. The molecule has 0 radical (unpaired) electrons. The predicted molar refractivity (Wildman–Crippen MR) is 63.3 cm³/mol. The monoisotopic (exact) mass is 216 g/mol. The van der Waals surface area contributed by atoms with Gasteiger partial charge in [0.15, 0.2) is 0 Å². The summed E-state index contributed by atoms with van der Waals surface area (Å²) in [5.74, 6) is 1.71. The molecule has 0 bridgehead atoms. The second kappa shape index (κ2) is 3.56. The van der Waals surface area contributed by atoms with E-state index >= 15 is 0 Å². The number of aromatic nitrogens is 3. The minimum atomic E-state index is 0.517. The van der Waals surface area contributed by atoms with Crippen LogP contribution in [0.15, 0.2) is 18.5 Å². The third kappa shape index (κ3) is 1.33. The first-order valence-electron chi connectivity index (χ1n) is 5.77. The fraction of sp³-hybridized carbons (Fsp3) is 0.500. The number of nitrogens with zero attached hydrogens (tertiary/aromatic N) is 3. The van der Waals surface area contributed by atoms with Gasteiger partial charge in [0.1, 0.15) is 11.3 Å². The maximum atomic E-state index is 4.71. The number of pyridine rings is 1. The van der Waals surface area contributed by atoms with Crippen LogP contribution in [0.25, 0.3) is 11.0 Å². The van der Waals surface area contributed by atoms with Gasteiger partial charge < -0.3 is 9.88 Å². The van der Waals surface area contributed by atoms with E-state index < -0.39 is 0 Å². The van der Waals surface area contributed by atoms with Crippen LogP contribution in [0.2, 0.25) is 0 Å². The van der Waals surface area contributed by atoms with Gasteiger partial charge in [0.25, 0.3) is 0 Å². The Kier molecular flexibility index (Phi) is 2.17. The molecule has 2 aromatic rings. The molecule has 84 valence electrons. The Balaban J connectivity index is 2.13. The Hall–Kier alpha value is -1.42. The van der Waals surface area contributed by atoms with Crippen LogP contribution in [-0.2, 0) is 7.05 Å². The van der Waals surface area contributed by atoms with E-state index in [-0.39, 0.29) is 0 Å². The maximum Gasteiger partial charge on any atom is 0.114 e. The lowest BCUT2D eigenvalue weighted by atomic mass is 10.0. The smallest absolute Gasteiger partial charge is 0.114 e. The van der Waals surface area contributed by atoms with Crippen molar-refractivity contribution in [1.82, 2.24) is 19.9 Å². The van der Waals surface area contributed by atoms with E-state index in [9.17, 15) is 0 Å². The second-order valence-electron chi connectivity index (χ2n) is 4.53. The normalized spacial score (nSPS) is 25.4. The molecule has 4 nitrogen and oxygen atoms in total. The van der Waals surface area contributed by atoms with E-state index in [1.165, 1.54) is 17.8 Å². The fourth-order valence-corrected chi connectivity index (χ4v) is 2.61. The van der Waals surface area contributed by atoms with E-state index in [0.29, 0.717) is 12.0 Å². The first-order valence-corrected chi connectivity index (χ1v) is 5.77. The molecule has 16 heavy (non-hydrogen) atoms. The first kappa shape index (κ1) is 9.78. The molecule has 0 amide bonds. The highest BCUT2D eigenvalue weighted by molar-refractivity contribution is 5.74. The summed E-state index contributed by atoms with van der Waals surface area (Å²) in [6.45, 7) is 3.32. The Morgan fingerprint density at radius 3 is 3.06 bits per heavy atom. The molecule has 1 N–H and O–H groups in total. The lowest BCUT2D eigenvalue weighted by molar-refractivity contribution is 0.554. The number of hydrogen-bond acceptors (Lipinski definition) is 3. The van der Waals surface area contributed by atoms with E-state index in [0.717, 1.165) is 12.1 Å². The molecular weight excluding hydrogens is 200 g/mol. The second-order valence-corrected chi connectivity index (χ2v) is 4.53. The molecular formula is C12H16N4. The molecule has 4 heteroatoms. The summed E-state index contributed by atoms with van der Waals surface area (Å²) in [6.07, 6.45) is 4.84. The molecule has 0 saturated carbocycles. The van der Waals surface area contributed by atoms with Gasteiger partial charge in [-0.1, -0.05) is 0 Å². The fourth-order valence-electron chi connectivity index (χ4n) is 2.61. The number of imidazole rings is 1. The van der Waals surface area contributed by atoms with Gasteiger partial charge >= 0.3 is 0 Å². The Morgan fingerprint density at radius 1 is 1.50 bits per heavy atom. The van der Waals surface area contributed by atoms with Crippen molar-refractivity contribution in [2.75, 3.05) is 6.54 Å². The molecule has 2 atom stereocenters. The summed E-state index contributed by atoms with van der Waals surface area (Å²) in [4.78, 5) is 8.83. The third-order valence-corrected chi connectivity index (χ3v) is 3.57. The van der Waals surface area contributed by atoms with Crippen molar-refractivity contribution in [2.45, 2.75) is 25.3 Å². The predicted octanol–water partition coefficient (Wildman–Crippen LogP) is 1.43. The van der Waals surface area contributed by atoms with E-state index in [4.69, 9.17) is 4.98 Å². The van der Waals surface area contributed by atoms with Crippen molar-refractivity contribution in [1.29, 1.82) is 0 Å². The molecule has 0 spiro atoms. The van der Waals surface area contributed by atoms with Crippen LogP contribution in [0.5, 0.6) is 0 Å². The minimum Gasteiger partial charge on any atom is -0.331 e. The van der Waals surface area contributed by atoms with E-state index in [2.05, 4.69) is 28.8 Å². The van der Waals surface area contributed by atoms with Gasteiger partial charge in [0.05, 0.1) is 11.7 Å². The van der Waals surface area contributed by atoms with Crippen molar-refractivity contribution in [3.05, 3.63) is 24.3 Å². The SMILES string of the molecule is CC1NCCC1c1nc2cnccc2n1C. The van der Waals surface area contributed by atoms with Crippen LogP contribution < -0.4 is 5.32 Å². The van der Waals surface area contributed by atoms with Gasteiger partial charge in [-0.15, -0.1) is 0 Å². The maximum absolute atomic E-state index is 4.71. The highest BCUT2D eigenvalue weighted by atomic mass is 15.1. The highest BCUT2D eigenvalue weighted by Crippen LogP contribution is 2.28. The van der Waals surface area contributed by atoms with Crippen LogP contribution in [0, 0.1) is 0 Å². The Morgan fingerprint density at radius 2 is 2.38 bits per heavy atom. The van der Waals surface area contributed by atoms with E-state index in [1.807, 2.05) is 18.5 Å². The van der Waals surface area contributed by atoms with E-state index in [1.54, 1.807) is 0 Å². The van der Waals surface area contributed by atoms with Crippen molar-refractivity contribution < 1.29 is 0 Å². The molecule has 0 aliphatic carbocycles. The van der Waals surface area contributed by atoms with Gasteiger partial charge in [0.2, 0.25) is 0 Å². The van der Waals surface area contributed by atoms with Crippen LogP contribution in [0.3, 0.4) is 0 Å². The number of hydrogen-bond donors (Lipinski definition) is 1. The average Bonchev–Trinajstić information content (AvgIpc) is 2.84. The Labute approximate surface area is 94.7 Å². The number of fused-ring (bicyclic) bond motifs is 1. The summed E-state index contributed by atoms with van der Waals surface area (Å²) >= 11 is 0. The standard InChI is InChI=1S/C12H16N4/c1-8-9(3-6-14-8)12-15-10-7-13-5-4-11(10)16(12)2/h4-5,7-9,14H,3,6H2,1-2H3. The number of rotatable bonds is 1. The molecule has 2 unspecified atom stereocenters. The molecule has 0 aromatic carbocycles. The average molecular weight is 216 g/mol. The summed E-state index contributed by atoms with van der Waals surface area (Å²) in [7, 11) is 2.09. The van der Waals surface area contributed by atoms with Crippen LogP contribution in [0.4, 0.5) is 0 Å². The molecule has 3 rings (SSSR count). The molecule has 2 aromatic heterocycles. The quantitative estimate of drug-likeness (QED) is 0.784. The molecule has 1 fully saturated rings. The van der Waals surface area contributed by atoms with Gasteiger partial charge in [-0.2, -0.15) is 0 Å². The number of nitrogens with one attached hydrogen (secondary N) is 1. The van der Waals surface area contributed by atoms with Crippen molar-refractivity contribution >= 4 is 11.0 Å². The largest absolute Gasteiger partial charge is 0.331 e. The zero-order valence-electron chi connectivity index (χ0n) is 9.64. The summed E-state index contributed by atoms with van der Waals surface area (Å²) < 4.78 is 2.20. The van der Waals surface area contributed by atoms with Gasteiger partial charge in [-0.3, -0.25) is 4.98 Å². The third-order valence-electron chi connectivity index (χ3n) is 3.57. The summed E-state index contributed by atoms with van der Waals surface area (Å²) in [5, 5.41) is 3.47. The van der Waals surface area contributed by atoms with Gasteiger partial charge in [0, 0.05) is 25.2 Å². The minimum absolute atomic E-state index is 0.517. The summed E-state index contributed by atoms with van der Waals surface area (Å²) in [5.41, 5.74) is 2.17. The zero-order chi connectivity index (χ0) is 11.1. The van der Waals surface area contributed by atoms with Crippen LogP contribution >= 0.6 is 0 Å². The lowest BCUT2D eigenvalue weighted by Gasteiger charge is -2.14. The Bertz CT molecular complexity index is 517. The molecule has 1 aliphatic rings. The van der Waals surface area contributed by atoms with Gasteiger partial charge in [-0.25, -0.2) is 4.98 Å². The van der Waals surface area contributed by atoms with Crippen molar-refractivity contribution in [2.24, 2.45) is 7.05 Å². The highest BCUT2D eigenvalue weighted by Gasteiger charge is 2.28.